The van der Waals surface area contributed by atoms with Crippen LogP contribution in [0.5, 0.6) is 0 Å². The summed E-state index contributed by atoms with van der Waals surface area (Å²) in [7, 11) is -4.02. The van der Waals surface area contributed by atoms with Gasteiger partial charge in [-0.25, -0.2) is 17.6 Å². The molecule has 16 heteroatoms. The third-order valence-electron chi connectivity index (χ3n) is 3.39. The van der Waals surface area contributed by atoms with Gasteiger partial charge < -0.3 is 15.9 Å². The van der Waals surface area contributed by atoms with Crippen molar-refractivity contribution < 1.29 is 41.4 Å². The minimum Gasteiger partial charge on any atom is -0.480 e. The third-order valence-corrected chi connectivity index (χ3v) is 5.29. The topological polar surface area (TPSA) is 187 Å². The van der Waals surface area contributed by atoms with E-state index in [-0.39, 0.29) is 4.90 Å². The summed E-state index contributed by atoms with van der Waals surface area (Å²) in [6.07, 6.45) is -2.28. The number of aliphatic carboxylic acids is 2. The number of pyridine rings is 1. The number of rotatable bonds is 5. The molecular formula is C15H15ClF3N5O6S. The number of nitrogens with zero attached hydrogens (tertiary/aromatic N) is 2. The van der Waals surface area contributed by atoms with Crippen LogP contribution in [-0.4, -0.2) is 53.7 Å². The molecule has 11 nitrogen and oxygen atoms in total. The van der Waals surface area contributed by atoms with Crippen molar-refractivity contribution in [3.05, 3.63) is 30.6 Å². The van der Waals surface area contributed by atoms with Gasteiger partial charge in [-0.2, -0.15) is 17.9 Å². The van der Waals surface area contributed by atoms with Crippen LogP contribution in [0.1, 0.15) is 6.92 Å². The summed E-state index contributed by atoms with van der Waals surface area (Å²) in [5.74, 6) is -4.46. The van der Waals surface area contributed by atoms with E-state index >= 15 is 0 Å². The predicted octanol–water partition coefficient (Wildman–Crippen LogP) is 1.47. The fraction of sp³-hybridized carbons (Fsp3) is 0.200. The van der Waals surface area contributed by atoms with Gasteiger partial charge in [0, 0.05) is 28.7 Å². The highest BCUT2D eigenvalue weighted by atomic mass is 35.5. The molecule has 0 aliphatic heterocycles. The van der Waals surface area contributed by atoms with Gasteiger partial charge in [-0.3, -0.25) is 15.2 Å². The lowest BCUT2D eigenvalue weighted by Crippen LogP contribution is -2.38. The quantitative estimate of drug-likeness (QED) is 0.237. The largest absolute Gasteiger partial charge is 0.490 e. The van der Waals surface area contributed by atoms with Gasteiger partial charge in [0.25, 0.3) is 0 Å². The summed E-state index contributed by atoms with van der Waals surface area (Å²) in [6.45, 7) is 1.22. The number of sulfonamides is 1. The number of nitrogens with one attached hydrogen (secondary N) is 2. The number of benzene rings is 1. The molecule has 1 aromatic carbocycles. The zero-order chi connectivity index (χ0) is 24.1. The van der Waals surface area contributed by atoms with E-state index in [1.54, 1.807) is 0 Å². The summed E-state index contributed by atoms with van der Waals surface area (Å²) >= 11 is 5.90. The lowest BCUT2D eigenvalue weighted by atomic mass is 10.1. The zero-order valence-electron chi connectivity index (χ0n) is 15.4. The van der Waals surface area contributed by atoms with E-state index in [2.05, 4.69) is 9.71 Å². The molecule has 0 saturated heterocycles. The molecule has 0 aliphatic carbocycles. The Hall–Kier alpha value is -3.17. The Morgan fingerprint density at radius 3 is 2.29 bits per heavy atom. The fourth-order valence-electron chi connectivity index (χ4n) is 1.94. The summed E-state index contributed by atoms with van der Waals surface area (Å²) in [5, 5.41) is 24.3. The Kier molecular flexibility index (Phi) is 8.14. The monoisotopic (exact) mass is 485 g/mol. The molecule has 0 bridgehead atoms. The third kappa shape index (κ3) is 6.94. The van der Waals surface area contributed by atoms with Crippen molar-refractivity contribution >= 4 is 56.2 Å². The van der Waals surface area contributed by atoms with E-state index in [0.29, 0.717) is 16.5 Å². The van der Waals surface area contributed by atoms with Gasteiger partial charge in [0.05, 0.1) is 16.8 Å². The number of nitrogens with two attached hydrogens (primary N) is 1. The van der Waals surface area contributed by atoms with Crippen LogP contribution in [0.15, 0.2) is 35.5 Å². The highest BCUT2D eigenvalue weighted by Crippen LogP contribution is 2.28. The van der Waals surface area contributed by atoms with Crippen molar-refractivity contribution in [1.82, 2.24) is 9.71 Å². The molecule has 170 valence electrons. The van der Waals surface area contributed by atoms with Crippen molar-refractivity contribution in [1.29, 1.82) is 5.41 Å². The second-order valence-corrected chi connectivity index (χ2v) is 7.74. The van der Waals surface area contributed by atoms with E-state index < -0.39 is 40.1 Å². The number of aromatic nitrogens is 1. The summed E-state index contributed by atoms with van der Waals surface area (Å²) < 4.78 is 59.1. The minimum atomic E-state index is -5.08. The molecule has 0 radical (unpaired) electrons. The van der Waals surface area contributed by atoms with Crippen LogP contribution in [0.4, 0.5) is 18.9 Å². The molecule has 31 heavy (non-hydrogen) atoms. The van der Waals surface area contributed by atoms with Gasteiger partial charge in [-0.1, -0.05) is 6.07 Å². The number of carboxylic acids is 2. The number of anilines is 1. The van der Waals surface area contributed by atoms with Gasteiger partial charge in [0.2, 0.25) is 16.0 Å². The van der Waals surface area contributed by atoms with Crippen LogP contribution in [-0.2, 0) is 19.6 Å². The van der Waals surface area contributed by atoms with Gasteiger partial charge in [-0.15, -0.1) is 0 Å². The molecule has 0 fully saturated rings. The smallest absolute Gasteiger partial charge is 0.480 e. The van der Waals surface area contributed by atoms with Crippen molar-refractivity contribution in [3.63, 3.8) is 0 Å². The summed E-state index contributed by atoms with van der Waals surface area (Å²) in [5.41, 5.74) is 5.65. The van der Waals surface area contributed by atoms with Crippen molar-refractivity contribution in [2.75, 3.05) is 4.42 Å². The number of fused-ring (bicyclic) bond motifs is 1. The van der Waals surface area contributed by atoms with Gasteiger partial charge in [0.1, 0.15) is 6.04 Å². The van der Waals surface area contributed by atoms with E-state index in [0.717, 1.165) is 4.42 Å². The van der Waals surface area contributed by atoms with Crippen molar-refractivity contribution in [3.8, 4) is 0 Å². The molecule has 1 aromatic heterocycles. The summed E-state index contributed by atoms with van der Waals surface area (Å²) in [4.78, 5) is 23.5. The second kappa shape index (κ2) is 9.76. The van der Waals surface area contributed by atoms with E-state index in [1.165, 1.54) is 37.5 Å². The van der Waals surface area contributed by atoms with Crippen LogP contribution in [0, 0.1) is 5.41 Å². The lowest BCUT2D eigenvalue weighted by Gasteiger charge is -2.16. The molecule has 0 spiro atoms. The number of hydrogen-bond acceptors (Lipinski definition) is 6. The predicted molar refractivity (Wildman–Crippen MR) is 103 cm³/mol. The first-order valence-electron chi connectivity index (χ1n) is 7.81. The van der Waals surface area contributed by atoms with Crippen LogP contribution in [0.25, 0.3) is 10.8 Å². The first-order valence-corrected chi connectivity index (χ1v) is 9.63. The van der Waals surface area contributed by atoms with Crippen LogP contribution in [0.3, 0.4) is 0 Å². The van der Waals surface area contributed by atoms with Gasteiger partial charge >= 0.3 is 18.1 Å². The van der Waals surface area contributed by atoms with E-state index in [1.807, 2.05) is 0 Å². The number of carboxylic acid groups (broad SMARTS) is 2. The molecular weight excluding hydrogens is 471 g/mol. The van der Waals surface area contributed by atoms with Crippen molar-refractivity contribution in [2.45, 2.75) is 24.0 Å². The highest BCUT2D eigenvalue weighted by Gasteiger charge is 2.38. The standard InChI is InChI=1S/C13H14ClN5O4S.C2HF3O2/c1-7(12(20)21)18-24(22,23)9-2-3-10-8(4-9)5-17-6-11(10)19(14)13(15)16;3-2(4,5)1(6)7/h2-7,18H,1H3,(H3,15,16)(H,20,21);(H,6,7)/t7-;/m0./s1. The number of carbonyl (C=O) groups is 2. The van der Waals surface area contributed by atoms with E-state index in [4.69, 9.17) is 37.9 Å². The Labute approximate surface area is 177 Å². The van der Waals surface area contributed by atoms with Crippen LogP contribution >= 0.6 is 11.8 Å². The van der Waals surface area contributed by atoms with Gasteiger partial charge in [0.15, 0.2) is 0 Å². The Bertz CT molecular complexity index is 1110. The molecule has 0 saturated carbocycles. The number of hydrogen-bond donors (Lipinski definition) is 5. The molecule has 1 heterocycles. The zero-order valence-corrected chi connectivity index (χ0v) is 17.0. The molecule has 2 aromatic rings. The molecule has 2 rings (SSSR count). The van der Waals surface area contributed by atoms with Crippen LogP contribution < -0.4 is 14.9 Å². The summed E-state index contributed by atoms with van der Waals surface area (Å²) in [6, 6.07) is 2.83. The molecule has 6 N–H and O–H groups in total. The number of alkyl halides is 3. The number of halogens is 4. The van der Waals surface area contributed by atoms with Gasteiger partial charge in [-0.05, 0) is 19.1 Å². The minimum absolute atomic E-state index is 0.119. The maximum Gasteiger partial charge on any atom is 0.490 e. The Morgan fingerprint density at radius 1 is 1.29 bits per heavy atom. The first-order chi connectivity index (χ1) is 14.1. The lowest BCUT2D eigenvalue weighted by molar-refractivity contribution is -0.192. The Balaban J connectivity index is 0.000000592. The first kappa shape index (κ1) is 25.9. The van der Waals surface area contributed by atoms with Crippen molar-refractivity contribution in [2.24, 2.45) is 5.73 Å². The molecule has 0 aliphatic rings. The maximum absolute atomic E-state index is 12.2. The molecule has 1 atom stereocenters. The molecule has 0 amide bonds. The SMILES string of the molecule is C[C@H](NS(=O)(=O)c1ccc2c(N(Cl)C(=N)N)cncc2c1)C(=O)O.O=C(O)C(F)(F)F. The molecule has 0 unspecified atom stereocenters. The second-order valence-electron chi connectivity index (χ2n) is 5.69. The Morgan fingerprint density at radius 2 is 1.84 bits per heavy atom. The van der Waals surface area contributed by atoms with Crippen LogP contribution in [0.2, 0.25) is 0 Å². The van der Waals surface area contributed by atoms with E-state index in [9.17, 15) is 26.4 Å². The fourth-order valence-corrected chi connectivity index (χ4v) is 3.31. The maximum atomic E-state index is 12.2. The highest BCUT2D eigenvalue weighted by molar-refractivity contribution is 7.89. The average molecular weight is 486 g/mol. The average Bonchev–Trinajstić information content (AvgIpc) is 2.65. The number of guanidine groups is 1. The normalized spacial score (nSPS) is 12.4.